The highest BCUT2D eigenvalue weighted by atomic mass is 16.2. The van der Waals surface area contributed by atoms with Crippen molar-refractivity contribution in [1.29, 1.82) is 0 Å². The molecule has 0 unspecified atom stereocenters. The van der Waals surface area contributed by atoms with Crippen molar-refractivity contribution in [3.05, 3.63) is 23.9 Å². The van der Waals surface area contributed by atoms with Crippen LogP contribution >= 0.6 is 0 Å². The summed E-state index contributed by atoms with van der Waals surface area (Å²) in [6.45, 7) is 9.83. The van der Waals surface area contributed by atoms with E-state index >= 15 is 0 Å². The molecule has 148 valence electrons. The van der Waals surface area contributed by atoms with Crippen LogP contribution < -0.4 is 10.2 Å². The van der Waals surface area contributed by atoms with Crippen molar-refractivity contribution in [1.82, 2.24) is 15.2 Å². The van der Waals surface area contributed by atoms with E-state index in [-0.39, 0.29) is 23.1 Å². The van der Waals surface area contributed by atoms with Crippen molar-refractivity contribution in [2.45, 2.75) is 53.0 Å². The quantitative estimate of drug-likeness (QED) is 0.882. The maximum Gasteiger partial charge on any atom is 0.227 e. The van der Waals surface area contributed by atoms with Gasteiger partial charge in [-0.1, -0.05) is 26.8 Å². The Balaban J connectivity index is 1.44. The number of anilines is 1. The van der Waals surface area contributed by atoms with Crippen LogP contribution in [-0.2, 0) is 16.1 Å². The number of hydrogen-bond donors (Lipinski definition) is 1. The number of pyridine rings is 1. The Kier molecular flexibility index (Phi) is 6.02. The monoisotopic (exact) mass is 372 g/mol. The minimum absolute atomic E-state index is 0.00847. The van der Waals surface area contributed by atoms with Crippen LogP contribution in [0.2, 0.25) is 0 Å². The van der Waals surface area contributed by atoms with Gasteiger partial charge in [-0.2, -0.15) is 0 Å². The fourth-order valence-corrected chi connectivity index (χ4v) is 3.81. The zero-order chi connectivity index (χ0) is 19.4. The Labute approximate surface area is 162 Å². The summed E-state index contributed by atoms with van der Waals surface area (Å²) in [5.41, 5.74) is 0.662. The molecule has 0 atom stereocenters. The average Bonchev–Trinajstić information content (AvgIpc) is 3.20. The fraction of sp³-hybridized carbons (Fsp3) is 0.667. The van der Waals surface area contributed by atoms with Gasteiger partial charge in [0.05, 0.1) is 0 Å². The minimum atomic E-state index is -0.358. The summed E-state index contributed by atoms with van der Waals surface area (Å²) in [7, 11) is 0. The number of amides is 2. The summed E-state index contributed by atoms with van der Waals surface area (Å²) in [5.74, 6) is 1.27. The molecule has 0 saturated carbocycles. The Morgan fingerprint density at radius 2 is 1.78 bits per heavy atom. The SMILES string of the molecule is CC(C)(C)C(=O)N1CCC(C(=O)NCc2ccc(N3CCCC3)nc2)CC1. The summed E-state index contributed by atoms with van der Waals surface area (Å²) in [6, 6.07) is 4.09. The largest absolute Gasteiger partial charge is 0.357 e. The van der Waals surface area contributed by atoms with Crippen LogP contribution in [0.5, 0.6) is 0 Å². The lowest BCUT2D eigenvalue weighted by Gasteiger charge is -2.35. The third-order valence-corrected chi connectivity index (χ3v) is 5.50. The van der Waals surface area contributed by atoms with Gasteiger partial charge >= 0.3 is 0 Å². The molecule has 2 amide bonds. The molecule has 27 heavy (non-hydrogen) atoms. The van der Waals surface area contributed by atoms with Gasteiger partial charge in [0.25, 0.3) is 0 Å². The number of aromatic nitrogens is 1. The summed E-state index contributed by atoms with van der Waals surface area (Å²) >= 11 is 0. The van der Waals surface area contributed by atoms with Gasteiger partial charge in [0.2, 0.25) is 11.8 Å². The number of likely N-dealkylation sites (tertiary alicyclic amines) is 1. The van der Waals surface area contributed by atoms with E-state index in [2.05, 4.69) is 15.2 Å². The third kappa shape index (κ3) is 4.99. The zero-order valence-corrected chi connectivity index (χ0v) is 16.8. The molecule has 1 N–H and O–H groups in total. The number of carbonyl (C=O) groups excluding carboxylic acids is 2. The van der Waals surface area contributed by atoms with E-state index < -0.39 is 0 Å². The first-order valence-electron chi connectivity index (χ1n) is 10.1. The van der Waals surface area contributed by atoms with E-state index in [9.17, 15) is 9.59 Å². The molecule has 3 heterocycles. The van der Waals surface area contributed by atoms with Gasteiger partial charge < -0.3 is 15.1 Å². The number of nitrogens with zero attached hydrogens (tertiary/aromatic N) is 3. The van der Waals surface area contributed by atoms with Gasteiger partial charge in [0, 0.05) is 50.3 Å². The highest BCUT2D eigenvalue weighted by Gasteiger charge is 2.32. The molecular formula is C21H32N4O2. The molecule has 1 aromatic heterocycles. The van der Waals surface area contributed by atoms with Crippen LogP contribution in [0.3, 0.4) is 0 Å². The predicted octanol–water partition coefficient (Wildman–Crippen LogP) is 2.58. The second-order valence-corrected chi connectivity index (χ2v) is 8.75. The third-order valence-electron chi connectivity index (χ3n) is 5.50. The molecule has 3 rings (SSSR count). The van der Waals surface area contributed by atoms with Crippen LogP contribution in [-0.4, -0.2) is 47.9 Å². The molecule has 0 radical (unpaired) electrons. The van der Waals surface area contributed by atoms with Crippen molar-refractivity contribution in [2.24, 2.45) is 11.3 Å². The first-order valence-corrected chi connectivity index (χ1v) is 10.1. The highest BCUT2D eigenvalue weighted by Crippen LogP contribution is 2.24. The summed E-state index contributed by atoms with van der Waals surface area (Å²) in [6.07, 6.45) is 5.80. The topological polar surface area (TPSA) is 65.5 Å². The van der Waals surface area contributed by atoms with Crippen molar-refractivity contribution in [2.75, 3.05) is 31.1 Å². The first kappa shape index (κ1) is 19.6. The Hall–Kier alpha value is -2.11. The van der Waals surface area contributed by atoms with E-state index in [4.69, 9.17) is 0 Å². The summed E-state index contributed by atoms with van der Waals surface area (Å²) < 4.78 is 0. The zero-order valence-electron chi connectivity index (χ0n) is 16.8. The molecule has 0 bridgehead atoms. The Morgan fingerprint density at radius 1 is 1.11 bits per heavy atom. The van der Waals surface area contributed by atoms with Crippen molar-refractivity contribution in [3.63, 3.8) is 0 Å². The van der Waals surface area contributed by atoms with Crippen molar-refractivity contribution < 1.29 is 9.59 Å². The summed E-state index contributed by atoms with van der Waals surface area (Å²) in [4.78, 5) is 33.6. The maximum atomic E-state index is 12.5. The molecule has 0 spiro atoms. The number of nitrogens with one attached hydrogen (secondary N) is 1. The molecule has 2 aliphatic heterocycles. The molecular weight excluding hydrogens is 340 g/mol. The maximum absolute atomic E-state index is 12.5. The van der Waals surface area contributed by atoms with Crippen molar-refractivity contribution >= 4 is 17.6 Å². The fourth-order valence-electron chi connectivity index (χ4n) is 3.81. The van der Waals surface area contributed by atoms with Crippen LogP contribution in [0.1, 0.15) is 52.0 Å². The number of carbonyl (C=O) groups is 2. The Bertz CT molecular complexity index is 652. The second kappa shape index (κ2) is 8.28. The number of hydrogen-bond acceptors (Lipinski definition) is 4. The molecule has 2 aliphatic rings. The van der Waals surface area contributed by atoms with Crippen molar-refractivity contribution in [3.8, 4) is 0 Å². The number of piperidine rings is 1. The van der Waals surface area contributed by atoms with Gasteiger partial charge in [0.1, 0.15) is 5.82 Å². The van der Waals surface area contributed by atoms with Crippen LogP contribution in [0.15, 0.2) is 18.3 Å². The standard InChI is InChI=1S/C21H32N4O2/c1-21(2,3)20(27)25-12-8-17(9-13-25)19(26)23-15-16-6-7-18(22-14-16)24-10-4-5-11-24/h6-7,14,17H,4-5,8-13,15H2,1-3H3,(H,23,26). The Morgan fingerprint density at radius 3 is 2.33 bits per heavy atom. The van der Waals surface area contributed by atoms with Crippen LogP contribution in [0.4, 0.5) is 5.82 Å². The molecule has 2 fully saturated rings. The predicted molar refractivity (Wildman–Crippen MR) is 106 cm³/mol. The van der Waals surface area contributed by atoms with E-state index in [0.717, 1.165) is 37.3 Å². The highest BCUT2D eigenvalue weighted by molar-refractivity contribution is 5.82. The van der Waals surface area contributed by atoms with Gasteiger partial charge in [-0.3, -0.25) is 9.59 Å². The van der Waals surface area contributed by atoms with Crippen LogP contribution in [0, 0.1) is 11.3 Å². The van der Waals surface area contributed by atoms with Gasteiger partial charge in [-0.25, -0.2) is 4.98 Å². The number of rotatable bonds is 4. The lowest BCUT2D eigenvalue weighted by Crippen LogP contribution is -2.46. The van der Waals surface area contributed by atoms with E-state index in [1.165, 1.54) is 12.8 Å². The molecule has 0 aromatic carbocycles. The van der Waals surface area contributed by atoms with Crippen LogP contribution in [0.25, 0.3) is 0 Å². The van der Waals surface area contributed by atoms with E-state index in [0.29, 0.717) is 19.6 Å². The molecule has 1 aromatic rings. The average molecular weight is 373 g/mol. The molecule has 6 heteroatoms. The first-order chi connectivity index (χ1) is 12.8. The lowest BCUT2D eigenvalue weighted by atomic mass is 9.90. The second-order valence-electron chi connectivity index (χ2n) is 8.75. The molecule has 2 saturated heterocycles. The minimum Gasteiger partial charge on any atom is -0.357 e. The van der Waals surface area contributed by atoms with E-state index in [1.54, 1.807) is 0 Å². The van der Waals surface area contributed by atoms with Gasteiger partial charge in [0.15, 0.2) is 0 Å². The van der Waals surface area contributed by atoms with E-state index in [1.807, 2.05) is 44.0 Å². The lowest BCUT2D eigenvalue weighted by molar-refractivity contribution is -0.142. The smallest absolute Gasteiger partial charge is 0.227 e. The summed E-state index contributed by atoms with van der Waals surface area (Å²) in [5, 5.41) is 3.04. The van der Waals surface area contributed by atoms with Gasteiger partial charge in [-0.15, -0.1) is 0 Å². The normalized spacial score (nSPS) is 18.6. The van der Waals surface area contributed by atoms with Gasteiger partial charge in [-0.05, 0) is 37.3 Å². The molecule has 6 nitrogen and oxygen atoms in total. The molecule has 0 aliphatic carbocycles.